The van der Waals surface area contributed by atoms with Gasteiger partial charge in [-0.1, -0.05) is 29.3 Å². The molecule has 0 aliphatic rings. The highest BCUT2D eigenvalue weighted by Gasteiger charge is 2.11. The van der Waals surface area contributed by atoms with Gasteiger partial charge in [0.05, 0.1) is 11.0 Å². The van der Waals surface area contributed by atoms with Gasteiger partial charge in [-0.25, -0.2) is 4.98 Å². The maximum atomic E-state index is 9.13. The molecule has 0 radical (unpaired) electrons. The minimum Gasteiger partial charge on any atom is -0.486 e. The fourth-order valence-corrected chi connectivity index (χ4v) is 2.68. The zero-order chi connectivity index (χ0) is 16.2. The molecular formula is C18H19ClN2O2. The van der Waals surface area contributed by atoms with E-state index >= 15 is 0 Å². The first kappa shape index (κ1) is 15.8. The van der Waals surface area contributed by atoms with E-state index in [4.69, 9.17) is 21.4 Å². The summed E-state index contributed by atoms with van der Waals surface area (Å²) in [7, 11) is 0. The summed E-state index contributed by atoms with van der Waals surface area (Å²) in [6.45, 7) is 3.24. The fraction of sp³-hybridized carbons (Fsp3) is 0.278. The van der Waals surface area contributed by atoms with E-state index in [0.717, 1.165) is 22.6 Å². The maximum Gasteiger partial charge on any atom is 0.147 e. The van der Waals surface area contributed by atoms with E-state index in [9.17, 15) is 0 Å². The van der Waals surface area contributed by atoms with Crippen LogP contribution >= 0.6 is 11.6 Å². The Kier molecular flexibility index (Phi) is 4.84. The van der Waals surface area contributed by atoms with Gasteiger partial charge in [0, 0.05) is 18.2 Å². The predicted octanol–water partition coefficient (Wildman–Crippen LogP) is 3.96. The average Bonchev–Trinajstić information content (AvgIpc) is 2.89. The molecule has 120 valence electrons. The van der Waals surface area contributed by atoms with Crippen molar-refractivity contribution in [1.82, 2.24) is 9.55 Å². The van der Waals surface area contributed by atoms with Crippen molar-refractivity contribution < 1.29 is 9.84 Å². The van der Waals surface area contributed by atoms with Crippen molar-refractivity contribution in [1.29, 1.82) is 0 Å². The lowest BCUT2D eigenvalue weighted by Gasteiger charge is -2.10. The highest BCUT2D eigenvalue weighted by atomic mass is 35.5. The monoisotopic (exact) mass is 330 g/mol. The molecule has 0 aliphatic heterocycles. The summed E-state index contributed by atoms with van der Waals surface area (Å²) < 4.78 is 7.91. The number of aromatic nitrogens is 2. The zero-order valence-electron chi connectivity index (χ0n) is 13.0. The van der Waals surface area contributed by atoms with Gasteiger partial charge in [0.2, 0.25) is 0 Å². The molecule has 0 fully saturated rings. The minimum atomic E-state index is 0.137. The first-order chi connectivity index (χ1) is 11.2. The topological polar surface area (TPSA) is 47.3 Å². The number of hydrogen-bond acceptors (Lipinski definition) is 3. The molecule has 1 aromatic heterocycles. The van der Waals surface area contributed by atoms with Crippen molar-refractivity contribution in [3.63, 3.8) is 0 Å². The number of halogens is 1. The molecule has 1 N–H and O–H groups in total. The van der Waals surface area contributed by atoms with Crippen LogP contribution in [-0.2, 0) is 13.2 Å². The lowest BCUT2D eigenvalue weighted by atomic mass is 10.2. The second kappa shape index (κ2) is 7.02. The van der Waals surface area contributed by atoms with Gasteiger partial charge in [-0.05, 0) is 43.7 Å². The van der Waals surface area contributed by atoms with Gasteiger partial charge < -0.3 is 14.4 Å². The number of fused-ring (bicyclic) bond motifs is 1. The van der Waals surface area contributed by atoms with E-state index in [1.807, 2.05) is 49.4 Å². The molecule has 4 nitrogen and oxygen atoms in total. The highest BCUT2D eigenvalue weighted by Crippen LogP contribution is 2.22. The largest absolute Gasteiger partial charge is 0.486 e. The van der Waals surface area contributed by atoms with Crippen molar-refractivity contribution in [3.05, 3.63) is 58.9 Å². The normalized spacial score (nSPS) is 11.1. The lowest BCUT2D eigenvalue weighted by molar-refractivity contribution is 0.269. The van der Waals surface area contributed by atoms with Crippen LogP contribution in [0.5, 0.6) is 5.75 Å². The van der Waals surface area contributed by atoms with Gasteiger partial charge in [0.15, 0.2) is 0 Å². The van der Waals surface area contributed by atoms with Crippen LogP contribution in [0.25, 0.3) is 11.0 Å². The summed E-state index contributed by atoms with van der Waals surface area (Å²) >= 11 is 6.10. The summed E-state index contributed by atoms with van der Waals surface area (Å²) in [5.41, 5.74) is 3.05. The van der Waals surface area contributed by atoms with Crippen LogP contribution in [0.3, 0.4) is 0 Å². The van der Waals surface area contributed by atoms with Gasteiger partial charge in [0.1, 0.15) is 18.2 Å². The van der Waals surface area contributed by atoms with E-state index < -0.39 is 0 Å². The molecule has 3 aromatic rings. The van der Waals surface area contributed by atoms with Gasteiger partial charge >= 0.3 is 0 Å². The highest BCUT2D eigenvalue weighted by molar-refractivity contribution is 6.31. The fourth-order valence-electron chi connectivity index (χ4n) is 2.52. The Morgan fingerprint density at radius 2 is 1.96 bits per heavy atom. The van der Waals surface area contributed by atoms with Gasteiger partial charge in [-0.3, -0.25) is 0 Å². The van der Waals surface area contributed by atoms with E-state index in [2.05, 4.69) is 9.55 Å². The Balaban J connectivity index is 1.87. The van der Waals surface area contributed by atoms with Gasteiger partial charge in [-0.2, -0.15) is 0 Å². The first-order valence-electron chi connectivity index (χ1n) is 7.62. The van der Waals surface area contributed by atoms with Crippen LogP contribution in [0.15, 0.2) is 42.5 Å². The number of hydrogen-bond donors (Lipinski definition) is 1. The number of aliphatic hydroxyl groups is 1. The third-order valence-corrected chi connectivity index (χ3v) is 3.95. The number of benzene rings is 2. The molecule has 0 unspecified atom stereocenters. The SMILES string of the molecule is Cc1ccc(OCc2nc3ccc(Cl)cc3n2CCCO)cc1. The molecule has 0 saturated heterocycles. The molecule has 0 aliphatic carbocycles. The van der Waals surface area contributed by atoms with Crippen molar-refractivity contribution in [2.45, 2.75) is 26.5 Å². The van der Waals surface area contributed by atoms with Crippen LogP contribution in [-0.4, -0.2) is 21.3 Å². The molecule has 0 saturated carbocycles. The van der Waals surface area contributed by atoms with Crippen molar-refractivity contribution in [2.75, 3.05) is 6.61 Å². The molecule has 23 heavy (non-hydrogen) atoms. The zero-order valence-corrected chi connectivity index (χ0v) is 13.8. The summed E-state index contributed by atoms with van der Waals surface area (Å²) in [6, 6.07) is 13.6. The van der Waals surface area contributed by atoms with Crippen LogP contribution in [0.2, 0.25) is 5.02 Å². The third-order valence-electron chi connectivity index (χ3n) is 3.72. The number of nitrogens with zero attached hydrogens (tertiary/aromatic N) is 2. The van der Waals surface area contributed by atoms with Crippen LogP contribution in [0.4, 0.5) is 0 Å². The number of aliphatic hydroxyl groups excluding tert-OH is 1. The first-order valence-corrected chi connectivity index (χ1v) is 8.00. The molecule has 1 heterocycles. The summed E-state index contributed by atoms with van der Waals surface area (Å²) in [5, 5.41) is 9.80. The minimum absolute atomic E-state index is 0.137. The van der Waals surface area contributed by atoms with Crippen molar-refractivity contribution >= 4 is 22.6 Å². The quantitative estimate of drug-likeness (QED) is 0.744. The number of imidazole rings is 1. The molecule has 0 atom stereocenters. The number of ether oxygens (including phenoxy) is 1. The number of rotatable bonds is 6. The Morgan fingerprint density at radius 3 is 2.70 bits per heavy atom. The smallest absolute Gasteiger partial charge is 0.147 e. The molecule has 3 rings (SSSR count). The molecule has 2 aromatic carbocycles. The number of aryl methyl sites for hydroxylation is 2. The Hall–Kier alpha value is -2.04. The van der Waals surface area contributed by atoms with E-state index in [-0.39, 0.29) is 6.61 Å². The van der Waals surface area contributed by atoms with Crippen LogP contribution in [0.1, 0.15) is 17.8 Å². The third kappa shape index (κ3) is 3.66. The molecule has 5 heteroatoms. The Morgan fingerprint density at radius 1 is 1.17 bits per heavy atom. The van der Waals surface area contributed by atoms with E-state index in [0.29, 0.717) is 24.6 Å². The molecule has 0 bridgehead atoms. The summed E-state index contributed by atoms with van der Waals surface area (Å²) in [6.07, 6.45) is 0.662. The lowest BCUT2D eigenvalue weighted by Crippen LogP contribution is -2.08. The van der Waals surface area contributed by atoms with E-state index in [1.54, 1.807) is 0 Å². The average molecular weight is 331 g/mol. The van der Waals surface area contributed by atoms with Crippen molar-refractivity contribution in [2.24, 2.45) is 0 Å². The second-order valence-corrected chi connectivity index (χ2v) is 5.93. The summed E-state index contributed by atoms with van der Waals surface area (Å²) in [5.74, 6) is 1.64. The Labute approximate surface area is 140 Å². The second-order valence-electron chi connectivity index (χ2n) is 5.49. The van der Waals surface area contributed by atoms with Crippen LogP contribution < -0.4 is 4.74 Å². The van der Waals surface area contributed by atoms with Gasteiger partial charge in [0.25, 0.3) is 0 Å². The Bertz CT molecular complexity index is 797. The van der Waals surface area contributed by atoms with Gasteiger partial charge in [-0.15, -0.1) is 0 Å². The molecular weight excluding hydrogens is 312 g/mol. The predicted molar refractivity (Wildman–Crippen MR) is 92.0 cm³/mol. The van der Waals surface area contributed by atoms with E-state index in [1.165, 1.54) is 5.56 Å². The molecule has 0 amide bonds. The summed E-state index contributed by atoms with van der Waals surface area (Å²) in [4.78, 5) is 4.64. The van der Waals surface area contributed by atoms with Crippen molar-refractivity contribution in [3.8, 4) is 5.75 Å². The van der Waals surface area contributed by atoms with Crippen LogP contribution in [0, 0.1) is 6.92 Å². The molecule has 0 spiro atoms. The standard InChI is InChI=1S/C18H19ClN2O2/c1-13-3-6-15(7-4-13)23-12-18-20-16-8-5-14(19)11-17(16)21(18)9-2-10-22/h3-8,11,22H,2,9-10,12H2,1H3. The maximum absolute atomic E-state index is 9.13.